The Labute approximate surface area is 120 Å². The maximum absolute atomic E-state index is 5.94. The Bertz CT molecular complexity index is 741. The largest absolute Gasteiger partial charge is 0.383 e. The van der Waals surface area contributed by atoms with Gasteiger partial charge in [0.2, 0.25) is 0 Å². The lowest BCUT2D eigenvalue weighted by atomic mass is 10.1. The van der Waals surface area contributed by atoms with Crippen LogP contribution in [0.25, 0.3) is 16.9 Å². The van der Waals surface area contributed by atoms with E-state index in [1.165, 1.54) is 0 Å². The van der Waals surface area contributed by atoms with Gasteiger partial charge in [-0.25, -0.2) is 0 Å². The lowest BCUT2D eigenvalue weighted by Gasteiger charge is -2.01. The summed E-state index contributed by atoms with van der Waals surface area (Å²) in [4.78, 5) is 0. The topological polar surface area (TPSA) is 98.3 Å². The van der Waals surface area contributed by atoms with Gasteiger partial charge in [-0.15, -0.1) is 10.2 Å². The van der Waals surface area contributed by atoms with Gasteiger partial charge < -0.3 is 5.73 Å². The van der Waals surface area contributed by atoms with E-state index in [2.05, 4.69) is 39.3 Å². The van der Waals surface area contributed by atoms with Gasteiger partial charge in [-0.3, -0.25) is 5.10 Å². The Morgan fingerprint density at radius 2 is 2.15 bits per heavy atom. The maximum atomic E-state index is 5.94. The molecule has 0 fully saturated rings. The monoisotopic (exact) mass is 291 g/mol. The zero-order valence-corrected chi connectivity index (χ0v) is 11.9. The summed E-state index contributed by atoms with van der Waals surface area (Å²) in [6.07, 6.45) is 0.814. The quantitative estimate of drug-likeness (QED) is 0.769. The fraction of sp³-hybridized carbons (Fsp3) is 0.333. The van der Waals surface area contributed by atoms with Gasteiger partial charge in [0.25, 0.3) is 0 Å². The molecule has 0 saturated carbocycles. The zero-order valence-electron chi connectivity index (χ0n) is 11.1. The molecule has 0 aliphatic rings. The maximum Gasteiger partial charge on any atom is 0.188 e. The lowest BCUT2D eigenvalue weighted by molar-refractivity contribution is 0.629. The molecule has 0 aliphatic heterocycles. The first-order chi connectivity index (χ1) is 9.56. The van der Waals surface area contributed by atoms with Gasteiger partial charge in [0.1, 0.15) is 5.82 Å². The van der Waals surface area contributed by atoms with Crippen LogP contribution in [-0.2, 0) is 6.42 Å². The Balaban J connectivity index is 2.18. The van der Waals surface area contributed by atoms with Crippen molar-refractivity contribution in [2.24, 2.45) is 5.92 Å². The van der Waals surface area contributed by atoms with Crippen LogP contribution in [0.4, 0.5) is 5.82 Å². The molecule has 0 amide bonds. The van der Waals surface area contributed by atoms with E-state index in [9.17, 15) is 0 Å². The first kappa shape index (κ1) is 12.9. The van der Waals surface area contributed by atoms with Gasteiger partial charge in [0.05, 0.1) is 11.1 Å². The average molecular weight is 292 g/mol. The molecule has 0 saturated heterocycles. The second-order valence-corrected chi connectivity index (χ2v) is 5.39. The van der Waals surface area contributed by atoms with Crippen LogP contribution in [-0.4, -0.2) is 30.2 Å². The molecule has 3 aromatic heterocycles. The molecular formula is C12H14ClN7. The molecule has 3 heterocycles. The Morgan fingerprint density at radius 1 is 1.35 bits per heavy atom. The number of nitrogen functional groups attached to an aromatic ring is 1. The average Bonchev–Trinajstić information content (AvgIpc) is 2.93. The zero-order chi connectivity index (χ0) is 14.3. The molecule has 0 radical (unpaired) electrons. The van der Waals surface area contributed by atoms with Gasteiger partial charge in [-0.05, 0) is 24.5 Å². The number of aromatic amines is 1. The number of fused-ring (bicyclic) bond motifs is 1. The molecule has 7 nitrogen and oxygen atoms in total. The normalized spacial score (nSPS) is 11.6. The van der Waals surface area contributed by atoms with Crippen LogP contribution in [0.15, 0.2) is 12.1 Å². The van der Waals surface area contributed by atoms with E-state index in [4.69, 9.17) is 17.3 Å². The number of nitrogens with two attached hydrogens (primary N) is 1. The molecule has 0 bridgehead atoms. The Hall–Kier alpha value is -2.15. The number of hydrogen-bond acceptors (Lipinski definition) is 5. The number of nitrogens with zero attached hydrogens (tertiary/aromatic N) is 5. The summed E-state index contributed by atoms with van der Waals surface area (Å²) in [6, 6.07) is 3.40. The van der Waals surface area contributed by atoms with Crippen LogP contribution < -0.4 is 5.73 Å². The Morgan fingerprint density at radius 3 is 2.80 bits per heavy atom. The minimum atomic E-state index is 0.334. The summed E-state index contributed by atoms with van der Waals surface area (Å²) in [5.74, 6) is 1.54. The van der Waals surface area contributed by atoms with Gasteiger partial charge in [0.15, 0.2) is 16.6 Å². The summed E-state index contributed by atoms with van der Waals surface area (Å²) < 4.78 is 1.63. The van der Waals surface area contributed by atoms with Gasteiger partial charge in [-0.2, -0.15) is 14.9 Å². The van der Waals surface area contributed by atoms with Crippen molar-refractivity contribution in [2.75, 3.05) is 5.73 Å². The molecule has 0 unspecified atom stereocenters. The molecule has 8 heteroatoms. The fourth-order valence-corrected chi connectivity index (χ4v) is 2.21. The number of halogens is 1. The van der Waals surface area contributed by atoms with Crippen LogP contribution in [0.2, 0.25) is 5.15 Å². The van der Waals surface area contributed by atoms with Crippen LogP contribution in [0.5, 0.6) is 0 Å². The second-order valence-electron chi connectivity index (χ2n) is 5.01. The van der Waals surface area contributed by atoms with Gasteiger partial charge in [-0.1, -0.05) is 25.4 Å². The molecular weight excluding hydrogens is 278 g/mol. The molecule has 0 aliphatic carbocycles. The SMILES string of the molecule is CC(C)Cc1nn(-c2ccc(Cl)nn2)c2n[nH]c(N)c12. The third kappa shape index (κ3) is 2.09. The first-order valence-corrected chi connectivity index (χ1v) is 6.65. The molecule has 3 rings (SSSR count). The number of H-pyrrole nitrogens is 1. The van der Waals surface area contributed by atoms with Crippen molar-refractivity contribution in [1.29, 1.82) is 0 Å². The number of nitrogens with one attached hydrogen (secondary N) is 1. The summed E-state index contributed by atoms with van der Waals surface area (Å²) in [7, 11) is 0. The van der Waals surface area contributed by atoms with Crippen LogP contribution in [0.1, 0.15) is 19.5 Å². The smallest absolute Gasteiger partial charge is 0.188 e. The highest BCUT2D eigenvalue weighted by molar-refractivity contribution is 6.29. The highest BCUT2D eigenvalue weighted by Crippen LogP contribution is 2.26. The van der Waals surface area contributed by atoms with Crippen molar-refractivity contribution in [2.45, 2.75) is 20.3 Å². The molecule has 0 spiro atoms. The molecule has 3 aromatic rings. The van der Waals surface area contributed by atoms with E-state index in [-0.39, 0.29) is 0 Å². The predicted octanol–water partition coefficient (Wildman–Crippen LogP) is 1.97. The van der Waals surface area contributed by atoms with E-state index in [1.54, 1.807) is 16.8 Å². The third-order valence-corrected chi connectivity index (χ3v) is 3.12. The standard InChI is InChI=1S/C12H14ClN7/c1-6(2)5-7-10-11(14)17-18-12(10)20(19-7)9-4-3-8(13)15-16-9/h3-4,6H,5H2,1-2H3,(H3,14,17,18). The summed E-state index contributed by atoms with van der Waals surface area (Å²) in [5, 5.41) is 20.6. The van der Waals surface area contributed by atoms with E-state index >= 15 is 0 Å². The third-order valence-electron chi connectivity index (χ3n) is 2.92. The van der Waals surface area contributed by atoms with E-state index in [0.717, 1.165) is 17.5 Å². The molecule has 0 aromatic carbocycles. The first-order valence-electron chi connectivity index (χ1n) is 6.27. The molecule has 3 N–H and O–H groups in total. The number of aromatic nitrogens is 6. The van der Waals surface area contributed by atoms with Crippen molar-refractivity contribution < 1.29 is 0 Å². The number of rotatable bonds is 3. The summed E-state index contributed by atoms with van der Waals surface area (Å²) >= 11 is 5.75. The number of anilines is 1. The van der Waals surface area contributed by atoms with E-state index in [1.807, 2.05) is 0 Å². The van der Waals surface area contributed by atoms with E-state index < -0.39 is 0 Å². The lowest BCUT2D eigenvalue weighted by Crippen LogP contribution is -2.03. The summed E-state index contributed by atoms with van der Waals surface area (Å²) in [5.41, 5.74) is 7.49. The molecule has 20 heavy (non-hydrogen) atoms. The second kappa shape index (κ2) is 4.75. The summed E-state index contributed by atoms with van der Waals surface area (Å²) in [6.45, 7) is 4.26. The van der Waals surface area contributed by atoms with Crippen molar-refractivity contribution in [1.82, 2.24) is 30.2 Å². The minimum Gasteiger partial charge on any atom is -0.383 e. The van der Waals surface area contributed by atoms with Gasteiger partial charge >= 0.3 is 0 Å². The molecule has 0 atom stereocenters. The minimum absolute atomic E-state index is 0.334. The van der Waals surface area contributed by atoms with Crippen molar-refractivity contribution in [3.05, 3.63) is 23.0 Å². The van der Waals surface area contributed by atoms with Crippen molar-refractivity contribution >= 4 is 28.5 Å². The number of hydrogen-bond donors (Lipinski definition) is 2. The van der Waals surface area contributed by atoms with Gasteiger partial charge in [0, 0.05) is 0 Å². The van der Waals surface area contributed by atoms with Crippen LogP contribution in [0, 0.1) is 5.92 Å². The highest BCUT2D eigenvalue weighted by atomic mass is 35.5. The van der Waals surface area contributed by atoms with Crippen LogP contribution in [0.3, 0.4) is 0 Å². The van der Waals surface area contributed by atoms with E-state index in [0.29, 0.717) is 28.4 Å². The van der Waals surface area contributed by atoms with Crippen molar-refractivity contribution in [3.8, 4) is 5.82 Å². The predicted molar refractivity (Wildman–Crippen MR) is 76.8 cm³/mol. The fourth-order valence-electron chi connectivity index (χ4n) is 2.11. The Kier molecular flexibility index (Phi) is 3.06. The van der Waals surface area contributed by atoms with Crippen molar-refractivity contribution in [3.63, 3.8) is 0 Å². The molecule has 104 valence electrons. The van der Waals surface area contributed by atoms with Crippen LogP contribution >= 0.6 is 11.6 Å². The highest BCUT2D eigenvalue weighted by Gasteiger charge is 2.19.